The van der Waals surface area contributed by atoms with E-state index in [2.05, 4.69) is 17.4 Å². The highest BCUT2D eigenvalue weighted by atomic mass is 16.1. The Morgan fingerprint density at radius 1 is 1.27 bits per heavy atom. The van der Waals surface area contributed by atoms with Gasteiger partial charge in [-0.1, -0.05) is 44.2 Å². The molecule has 1 aromatic rings. The minimum atomic E-state index is 0.264. The molecule has 1 rings (SSSR count). The lowest BCUT2D eigenvalue weighted by atomic mass is 10.0. The molecule has 0 bridgehead atoms. The maximum Gasteiger partial charge on any atom is 0.121 e. The second kappa shape index (κ2) is 9.41. The van der Waals surface area contributed by atoms with Crippen molar-refractivity contribution in [2.24, 2.45) is 0 Å². The number of carbonyl (C=O) groups excluding carboxylic acids is 1. The standard InChI is InChI=1S/C11H15NO.C2H6/c1-12-11(7-8-13)9-10-5-3-2-4-6-10;1-2/h2-6,8,11-12H,7,9H2,1H3;1-2H3. The molecule has 84 valence electrons. The van der Waals surface area contributed by atoms with E-state index in [4.69, 9.17) is 0 Å². The van der Waals surface area contributed by atoms with Gasteiger partial charge < -0.3 is 10.1 Å². The average Bonchev–Trinajstić information content (AvgIpc) is 2.32. The average molecular weight is 207 g/mol. The predicted molar refractivity (Wildman–Crippen MR) is 65.0 cm³/mol. The molecule has 0 heterocycles. The molecule has 2 heteroatoms. The number of aldehydes is 1. The molecule has 0 aliphatic heterocycles. The monoisotopic (exact) mass is 207 g/mol. The molecule has 0 aliphatic carbocycles. The van der Waals surface area contributed by atoms with E-state index in [1.54, 1.807) is 0 Å². The van der Waals surface area contributed by atoms with Crippen LogP contribution in [0.3, 0.4) is 0 Å². The van der Waals surface area contributed by atoms with Gasteiger partial charge >= 0.3 is 0 Å². The van der Waals surface area contributed by atoms with Gasteiger partial charge in [-0.05, 0) is 19.0 Å². The van der Waals surface area contributed by atoms with Crippen molar-refractivity contribution in [3.63, 3.8) is 0 Å². The van der Waals surface area contributed by atoms with Crippen LogP contribution in [-0.2, 0) is 11.2 Å². The van der Waals surface area contributed by atoms with Crippen LogP contribution in [-0.4, -0.2) is 19.4 Å². The first-order valence-corrected chi connectivity index (χ1v) is 5.51. The van der Waals surface area contributed by atoms with Crippen molar-refractivity contribution in [2.75, 3.05) is 7.05 Å². The Kier molecular flexibility index (Phi) is 8.69. The number of rotatable bonds is 5. The number of hydrogen-bond donors (Lipinski definition) is 1. The molecule has 1 aromatic carbocycles. The lowest BCUT2D eigenvalue weighted by Crippen LogP contribution is -2.27. The molecular weight excluding hydrogens is 186 g/mol. The second-order valence-electron chi connectivity index (χ2n) is 3.08. The first-order valence-electron chi connectivity index (χ1n) is 5.51. The van der Waals surface area contributed by atoms with Crippen molar-refractivity contribution >= 4 is 6.29 Å². The molecule has 0 amide bonds. The first-order chi connectivity index (χ1) is 7.36. The summed E-state index contributed by atoms with van der Waals surface area (Å²) in [5, 5.41) is 3.12. The Hall–Kier alpha value is -1.15. The summed E-state index contributed by atoms with van der Waals surface area (Å²) in [5.41, 5.74) is 1.27. The van der Waals surface area contributed by atoms with Crippen LogP contribution in [0.15, 0.2) is 30.3 Å². The molecule has 2 nitrogen and oxygen atoms in total. The maximum absolute atomic E-state index is 10.3. The zero-order valence-corrected chi connectivity index (χ0v) is 9.86. The lowest BCUT2D eigenvalue weighted by molar-refractivity contribution is -0.108. The van der Waals surface area contributed by atoms with Crippen molar-refractivity contribution in [1.82, 2.24) is 5.32 Å². The van der Waals surface area contributed by atoms with Crippen LogP contribution in [0, 0.1) is 0 Å². The topological polar surface area (TPSA) is 29.1 Å². The largest absolute Gasteiger partial charge is 0.316 e. The van der Waals surface area contributed by atoms with Gasteiger partial charge in [0.15, 0.2) is 0 Å². The number of carbonyl (C=O) groups is 1. The molecule has 0 radical (unpaired) electrons. The van der Waals surface area contributed by atoms with Crippen LogP contribution in [0.1, 0.15) is 25.8 Å². The Morgan fingerprint density at radius 3 is 2.33 bits per heavy atom. The highest BCUT2D eigenvalue weighted by Gasteiger charge is 2.05. The minimum Gasteiger partial charge on any atom is -0.316 e. The van der Waals surface area contributed by atoms with Gasteiger partial charge in [-0.2, -0.15) is 0 Å². The summed E-state index contributed by atoms with van der Waals surface area (Å²) in [6.45, 7) is 4.00. The third kappa shape index (κ3) is 6.02. The highest BCUT2D eigenvalue weighted by Crippen LogP contribution is 2.04. The molecule has 1 unspecified atom stereocenters. The Labute approximate surface area is 92.7 Å². The van der Waals surface area contributed by atoms with Gasteiger partial charge in [0.05, 0.1) is 0 Å². The smallest absolute Gasteiger partial charge is 0.121 e. The van der Waals surface area contributed by atoms with E-state index in [9.17, 15) is 4.79 Å². The molecule has 0 saturated heterocycles. The van der Waals surface area contributed by atoms with Crippen molar-refractivity contribution in [3.05, 3.63) is 35.9 Å². The van der Waals surface area contributed by atoms with Crippen molar-refractivity contribution < 1.29 is 4.79 Å². The van der Waals surface area contributed by atoms with Gasteiger partial charge in [-0.25, -0.2) is 0 Å². The van der Waals surface area contributed by atoms with Crippen molar-refractivity contribution in [1.29, 1.82) is 0 Å². The maximum atomic E-state index is 10.3. The van der Waals surface area contributed by atoms with E-state index < -0.39 is 0 Å². The number of likely N-dealkylation sites (N-methyl/N-ethyl adjacent to an activating group) is 1. The fraction of sp³-hybridized carbons (Fsp3) is 0.462. The van der Waals surface area contributed by atoms with Gasteiger partial charge in [0.1, 0.15) is 6.29 Å². The Morgan fingerprint density at radius 2 is 1.87 bits per heavy atom. The third-order valence-corrected chi connectivity index (χ3v) is 2.11. The normalized spacial score (nSPS) is 11.1. The summed E-state index contributed by atoms with van der Waals surface area (Å²) in [6, 6.07) is 10.5. The van der Waals surface area contributed by atoms with Crippen LogP contribution in [0.25, 0.3) is 0 Å². The van der Waals surface area contributed by atoms with Crippen molar-refractivity contribution in [3.8, 4) is 0 Å². The van der Waals surface area contributed by atoms with E-state index in [0.29, 0.717) is 6.42 Å². The van der Waals surface area contributed by atoms with Gasteiger partial charge in [0.2, 0.25) is 0 Å². The summed E-state index contributed by atoms with van der Waals surface area (Å²) >= 11 is 0. The van der Waals surface area contributed by atoms with E-state index in [1.165, 1.54) is 5.56 Å². The fourth-order valence-electron chi connectivity index (χ4n) is 1.32. The predicted octanol–water partition coefficient (Wildman–Crippen LogP) is 2.43. The van der Waals surface area contributed by atoms with E-state index >= 15 is 0 Å². The van der Waals surface area contributed by atoms with Crippen molar-refractivity contribution in [2.45, 2.75) is 32.7 Å². The highest BCUT2D eigenvalue weighted by molar-refractivity contribution is 5.50. The van der Waals surface area contributed by atoms with E-state index in [0.717, 1.165) is 12.7 Å². The van der Waals surface area contributed by atoms with Crippen LogP contribution < -0.4 is 5.32 Å². The van der Waals surface area contributed by atoms with Crippen LogP contribution in [0.2, 0.25) is 0 Å². The summed E-state index contributed by atoms with van der Waals surface area (Å²) in [5.74, 6) is 0. The quantitative estimate of drug-likeness (QED) is 0.751. The molecular formula is C13H21NO. The SMILES string of the molecule is CC.CNC(CC=O)Cc1ccccc1. The molecule has 1 N–H and O–H groups in total. The van der Waals surface area contributed by atoms with E-state index in [-0.39, 0.29) is 6.04 Å². The number of benzene rings is 1. The minimum absolute atomic E-state index is 0.264. The molecule has 0 fully saturated rings. The third-order valence-electron chi connectivity index (χ3n) is 2.11. The van der Waals surface area contributed by atoms with Gasteiger partial charge in [-0.15, -0.1) is 0 Å². The lowest BCUT2D eigenvalue weighted by Gasteiger charge is -2.12. The summed E-state index contributed by atoms with van der Waals surface area (Å²) in [7, 11) is 1.89. The molecule has 0 spiro atoms. The molecule has 0 aliphatic rings. The molecule has 1 atom stereocenters. The van der Waals surface area contributed by atoms with Crippen LogP contribution in [0.4, 0.5) is 0 Å². The summed E-state index contributed by atoms with van der Waals surface area (Å²) < 4.78 is 0. The van der Waals surface area contributed by atoms with Gasteiger partial charge in [0, 0.05) is 12.5 Å². The fourth-order valence-corrected chi connectivity index (χ4v) is 1.32. The molecule has 0 saturated carbocycles. The van der Waals surface area contributed by atoms with Gasteiger partial charge in [-0.3, -0.25) is 0 Å². The van der Waals surface area contributed by atoms with Crippen LogP contribution >= 0.6 is 0 Å². The molecule has 15 heavy (non-hydrogen) atoms. The summed E-state index contributed by atoms with van der Waals surface area (Å²) in [4.78, 5) is 10.3. The molecule has 0 aromatic heterocycles. The number of hydrogen-bond acceptors (Lipinski definition) is 2. The Bertz CT molecular complexity index is 246. The number of nitrogens with one attached hydrogen (secondary N) is 1. The van der Waals surface area contributed by atoms with Crippen LogP contribution in [0.5, 0.6) is 0 Å². The van der Waals surface area contributed by atoms with E-state index in [1.807, 2.05) is 39.1 Å². The zero-order valence-electron chi connectivity index (χ0n) is 9.86. The zero-order chi connectivity index (χ0) is 11.5. The first kappa shape index (κ1) is 13.8. The van der Waals surface area contributed by atoms with Gasteiger partial charge in [0.25, 0.3) is 0 Å². The summed E-state index contributed by atoms with van der Waals surface area (Å²) in [6.07, 6.45) is 2.45. The second-order valence-corrected chi connectivity index (χ2v) is 3.08. The Balaban J connectivity index is 0.000000921.